The normalized spacial score (nSPS) is 10.8. The Morgan fingerprint density at radius 2 is 1.69 bits per heavy atom. The van der Waals surface area contributed by atoms with Crippen LogP contribution >= 0.6 is 22.9 Å². The summed E-state index contributed by atoms with van der Waals surface area (Å²) >= 11 is 7.76. The molecule has 1 heterocycles. The van der Waals surface area contributed by atoms with E-state index in [-0.39, 0.29) is 5.91 Å². The molecular weight excluding hydrogens is 448 g/mol. The highest BCUT2D eigenvalue weighted by Crippen LogP contribution is 2.40. The van der Waals surface area contributed by atoms with E-state index in [0.717, 1.165) is 10.3 Å². The second-order valence-corrected chi connectivity index (χ2v) is 8.25. The van der Waals surface area contributed by atoms with Crippen LogP contribution in [0.25, 0.3) is 10.2 Å². The van der Waals surface area contributed by atoms with Gasteiger partial charge in [0.2, 0.25) is 0 Å². The first-order valence-corrected chi connectivity index (χ1v) is 11.0. The lowest BCUT2D eigenvalue weighted by atomic mass is 10.1. The van der Waals surface area contributed by atoms with Crippen molar-refractivity contribution in [2.24, 2.45) is 0 Å². The Morgan fingerprint density at radius 3 is 2.38 bits per heavy atom. The second-order valence-electron chi connectivity index (χ2n) is 6.87. The van der Waals surface area contributed by atoms with Crippen molar-refractivity contribution in [3.63, 3.8) is 0 Å². The number of carbonyl (C=O) groups excluding carboxylic acids is 1. The van der Waals surface area contributed by atoms with E-state index in [1.165, 1.54) is 18.4 Å². The van der Waals surface area contributed by atoms with Gasteiger partial charge in [-0.3, -0.25) is 9.69 Å². The summed E-state index contributed by atoms with van der Waals surface area (Å²) in [6.07, 6.45) is 0. The molecule has 0 saturated heterocycles. The number of thiazole rings is 1. The monoisotopic (exact) mass is 468 g/mol. The second kappa shape index (κ2) is 9.46. The van der Waals surface area contributed by atoms with E-state index in [1.54, 1.807) is 49.5 Å². The molecule has 0 saturated carbocycles. The number of hydrogen-bond acceptors (Lipinski definition) is 6. The van der Waals surface area contributed by atoms with Crippen molar-refractivity contribution in [3.8, 4) is 17.2 Å². The fourth-order valence-electron chi connectivity index (χ4n) is 3.34. The molecule has 0 radical (unpaired) electrons. The van der Waals surface area contributed by atoms with Crippen molar-refractivity contribution in [2.45, 2.75) is 6.54 Å². The van der Waals surface area contributed by atoms with Gasteiger partial charge in [0, 0.05) is 0 Å². The lowest BCUT2D eigenvalue weighted by Crippen LogP contribution is -2.30. The Labute approximate surface area is 194 Å². The fourth-order valence-corrected chi connectivity index (χ4v) is 4.59. The van der Waals surface area contributed by atoms with Crippen LogP contribution in [0.15, 0.2) is 60.7 Å². The summed E-state index contributed by atoms with van der Waals surface area (Å²) in [7, 11) is 4.66. The molecule has 0 aliphatic heterocycles. The Kier molecular flexibility index (Phi) is 6.48. The molecule has 4 rings (SSSR count). The van der Waals surface area contributed by atoms with Crippen molar-refractivity contribution in [1.29, 1.82) is 0 Å². The van der Waals surface area contributed by atoms with Crippen LogP contribution in [0.1, 0.15) is 15.9 Å². The first-order chi connectivity index (χ1) is 15.5. The fraction of sp³-hybridized carbons (Fsp3) is 0.167. The van der Waals surface area contributed by atoms with Gasteiger partial charge in [-0.1, -0.05) is 53.3 Å². The number of hydrogen-bond donors (Lipinski definition) is 0. The highest BCUT2D eigenvalue weighted by atomic mass is 35.5. The summed E-state index contributed by atoms with van der Waals surface area (Å²) in [5.74, 6) is 1.34. The number of ether oxygens (including phenoxy) is 3. The lowest BCUT2D eigenvalue weighted by Gasteiger charge is -2.21. The molecule has 0 fully saturated rings. The quantitative estimate of drug-likeness (QED) is 0.342. The smallest absolute Gasteiger partial charge is 0.264 e. The number of carbonyl (C=O) groups is 1. The molecule has 0 N–H and O–H groups in total. The molecule has 8 heteroatoms. The van der Waals surface area contributed by atoms with Gasteiger partial charge in [0.25, 0.3) is 5.91 Å². The zero-order valence-corrected chi connectivity index (χ0v) is 19.4. The predicted molar refractivity (Wildman–Crippen MR) is 128 cm³/mol. The summed E-state index contributed by atoms with van der Waals surface area (Å²) in [5, 5.41) is 1.06. The minimum atomic E-state index is -0.265. The molecule has 1 aromatic heterocycles. The number of amides is 1. The van der Waals surface area contributed by atoms with Crippen LogP contribution in [0.5, 0.6) is 17.2 Å². The van der Waals surface area contributed by atoms with Crippen molar-refractivity contribution in [3.05, 3.63) is 76.8 Å². The van der Waals surface area contributed by atoms with Gasteiger partial charge in [-0.05, 0) is 35.9 Å². The zero-order chi connectivity index (χ0) is 22.7. The van der Waals surface area contributed by atoms with E-state index >= 15 is 0 Å². The number of halogens is 1. The summed E-state index contributed by atoms with van der Waals surface area (Å²) in [4.78, 5) is 20.2. The Hall–Kier alpha value is -3.29. The Balaban J connectivity index is 1.86. The molecule has 4 aromatic rings. The van der Waals surface area contributed by atoms with E-state index in [2.05, 4.69) is 0 Å². The first-order valence-electron chi connectivity index (χ1n) is 9.76. The standard InChI is InChI=1S/C24H21ClN2O4S/c1-29-16-9-11-19(30-2)17(13-16)23(28)27(14-15-7-5-4-6-8-15)24-26-21-20(31-3)12-10-18(25)22(21)32-24/h4-13H,14H2,1-3H3. The molecular formula is C24H21ClN2O4S. The van der Waals surface area contributed by atoms with Crippen LogP contribution in [0.4, 0.5) is 5.13 Å². The van der Waals surface area contributed by atoms with E-state index in [9.17, 15) is 4.79 Å². The summed E-state index contributed by atoms with van der Waals surface area (Å²) in [6.45, 7) is 0.319. The maximum absolute atomic E-state index is 13.8. The molecule has 0 unspecified atom stereocenters. The third kappa shape index (κ3) is 4.22. The Bertz CT molecular complexity index is 1260. The number of fused-ring (bicyclic) bond motifs is 1. The van der Waals surface area contributed by atoms with Crippen LogP contribution in [-0.4, -0.2) is 32.2 Å². The summed E-state index contributed by atoms with van der Waals surface area (Å²) in [5.41, 5.74) is 1.95. The largest absolute Gasteiger partial charge is 0.497 e. The highest BCUT2D eigenvalue weighted by molar-refractivity contribution is 7.23. The molecule has 1 amide bonds. The molecule has 0 aliphatic carbocycles. The number of aromatic nitrogens is 1. The number of anilines is 1. The maximum Gasteiger partial charge on any atom is 0.264 e. The van der Waals surface area contributed by atoms with Gasteiger partial charge in [-0.2, -0.15) is 0 Å². The molecule has 0 atom stereocenters. The van der Waals surface area contributed by atoms with Gasteiger partial charge in [0.1, 0.15) is 22.8 Å². The van der Waals surface area contributed by atoms with Gasteiger partial charge >= 0.3 is 0 Å². The van der Waals surface area contributed by atoms with Crippen LogP contribution in [0.3, 0.4) is 0 Å². The minimum Gasteiger partial charge on any atom is -0.497 e. The summed E-state index contributed by atoms with van der Waals surface area (Å²) in [6, 6.07) is 18.4. The first kappa shape index (κ1) is 21.9. The van der Waals surface area contributed by atoms with Crippen LogP contribution in [0, 0.1) is 0 Å². The van der Waals surface area contributed by atoms with Gasteiger partial charge in [-0.25, -0.2) is 4.98 Å². The van der Waals surface area contributed by atoms with Gasteiger partial charge in [0.05, 0.1) is 43.2 Å². The highest BCUT2D eigenvalue weighted by Gasteiger charge is 2.26. The third-order valence-electron chi connectivity index (χ3n) is 4.96. The number of methoxy groups -OCH3 is 3. The lowest BCUT2D eigenvalue weighted by molar-refractivity contribution is 0.0982. The molecule has 0 aliphatic rings. The molecule has 3 aromatic carbocycles. The minimum absolute atomic E-state index is 0.265. The Morgan fingerprint density at radius 1 is 0.969 bits per heavy atom. The van der Waals surface area contributed by atoms with Crippen LogP contribution in [-0.2, 0) is 6.54 Å². The van der Waals surface area contributed by atoms with Crippen molar-refractivity contribution < 1.29 is 19.0 Å². The zero-order valence-electron chi connectivity index (χ0n) is 17.8. The van der Waals surface area contributed by atoms with Crippen molar-refractivity contribution in [1.82, 2.24) is 4.98 Å². The molecule has 0 spiro atoms. The van der Waals surface area contributed by atoms with Gasteiger partial charge in [0.15, 0.2) is 5.13 Å². The molecule has 164 valence electrons. The van der Waals surface area contributed by atoms with Crippen molar-refractivity contribution in [2.75, 3.05) is 26.2 Å². The van der Waals surface area contributed by atoms with E-state index < -0.39 is 0 Å². The van der Waals surface area contributed by atoms with Crippen molar-refractivity contribution >= 4 is 44.2 Å². The molecule has 32 heavy (non-hydrogen) atoms. The predicted octanol–water partition coefficient (Wildman–Crippen LogP) is 5.82. The SMILES string of the molecule is COc1ccc(OC)c(C(=O)N(Cc2ccccc2)c2nc3c(OC)ccc(Cl)c3s2)c1. The van der Waals surface area contributed by atoms with E-state index in [4.69, 9.17) is 30.8 Å². The molecule has 0 bridgehead atoms. The average molecular weight is 469 g/mol. The van der Waals surface area contributed by atoms with E-state index in [1.807, 2.05) is 30.3 Å². The maximum atomic E-state index is 13.8. The molecule has 6 nitrogen and oxygen atoms in total. The van der Waals surface area contributed by atoms with E-state index in [0.29, 0.717) is 45.0 Å². The van der Waals surface area contributed by atoms with Crippen LogP contribution in [0.2, 0.25) is 5.02 Å². The average Bonchev–Trinajstić information content (AvgIpc) is 3.28. The number of benzene rings is 3. The van der Waals surface area contributed by atoms with Gasteiger partial charge in [-0.15, -0.1) is 0 Å². The topological polar surface area (TPSA) is 60.9 Å². The van der Waals surface area contributed by atoms with Gasteiger partial charge < -0.3 is 14.2 Å². The van der Waals surface area contributed by atoms with Crippen LogP contribution < -0.4 is 19.1 Å². The third-order valence-corrected chi connectivity index (χ3v) is 6.50. The summed E-state index contributed by atoms with van der Waals surface area (Å²) < 4.78 is 17.0. The number of nitrogens with zero attached hydrogens (tertiary/aromatic N) is 2. The number of rotatable bonds is 7.